The van der Waals surface area contributed by atoms with Crippen LogP contribution < -0.4 is 5.46 Å². The van der Waals surface area contributed by atoms with E-state index in [-0.39, 0.29) is 0 Å². The molecular formula is C19H16BN9. The van der Waals surface area contributed by atoms with Crippen LogP contribution >= 0.6 is 0 Å². The van der Waals surface area contributed by atoms with E-state index < -0.39 is 0 Å². The Kier molecular flexibility index (Phi) is 4.08. The fourth-order valence-corrected chi connectivity index (χ4v) is 3.08. The van der Waals surface area contributed by atoms with E-state index in [2.05, 4.69) is 36.4 Å². The lowest BCUT2D eigenvalue weighted by atomic mass is 10.0. The highest BCUT2D eigenvalue weighted by atomic mass is 15.4. The van der Waals surface area contributed by atoms with Crippen molar-refractivity contribution in [2.45, 2.75) is 6.54 Å². The van der Waals surface area contributed by atoms with Gasteiger partial charge in [0.05, 0.1) is 24.6 Å². The fraction of sp³-hybridized carbons (Fsp3) is 0.105. The van der Waals surface area contributed by atoms with Crippen molar-refractivity contribution in [2.75, 3.05) is 0 Å². The predicted octanol–water partition coefficient (Wildman–Crippen LogP) is 0.385. The number of benzene rings is 1. The Morgan fingerprint density at radius 1 is 1.00 bits per heavy atom. The molecule has 10 heteroatoms. The first-order valence-electron chi connectivity index (χ1n) is 9.09. The first kappa shape index (κ1) is 17.2. The van der Waals surface area contributed by atoms with E-state index in [9.17, 15) is 0 Å². The molecule has 0 N–H and O–H groups in total. The van der Waals surface area contributed by atoms with Gasteiger partial charge in [-0.15, -0.1) is 5.10 Å². The van der Waals surface area contributed by atoms with Crippen LogP contribution in [-0.4, -0.2) is 52.6 Å². The number of fused-ring (bicyclic) bond motifs is 1. The van der Waals surface area contributed by atoms with Crippen molar-refractivity contribution >= 4 is 24.6 Å². The van der Waals surface area contributed by atoms with Crippen molar-refractivity contribution in [3.63, 3.8) is 0 Å². The van der Waals surface area contributed by atoms with E-state index in [1.165, 1.54) is 0 Å². The predicted molar refractivity (Wildman–Crippen MR) is 110 cm³/mol. The summed E-state index contributed by atoms with van der Waals surface area (Å²) in [4.78, 5) is 17.9. The molecule has 0 aliphatic carbocycles. The third-order valence-corrected chi connectivity index (χ3v) is 4.53. The van der Waals surface area contributed by atoms with Gasteiger partial charge in [-0.2, -0.15) is 5.10 Å². The Morgan fingerprint density at radius 3 is 2.66 bits per heavy atom. The average Bonchev–Trinajstić information content (AvgIpc) is 3.35. The molecule has 5 aromatic rings. The number of nitrogens with zero attached hydrogens (tertiary/aromatic N) is 9. The van der Waals surface area contributed by atoms with Gasteiger partial charge in [-0.3, -0.25) is 4.68 Å². The van der Waals surface area contributed by atoms with Gasteiger partial charge in [0.2, 0.25) is 5.65 Å². The fourth-order valence-electron chi connectivity index (χ4n) is 3.08. The molecule has 5 rings (SSSR count). The van der Waals surface area contributed by atoms with Crippen molar-refractivity contribution in [3.8, 4) is 22.6 Å². The quantitative estimate of drug-likeness (QED) is 0.415. The van der Waals surface area contributed by atoms with Gasteiger partial charge in [-0.05, 0) is 11.6 Å². The number of rotatable bonds is 4. The van der Waals surface area contributed by atoms with Crippen molar-refractivity contribution < 1.29 is 0 Å². The molecular weight excluding hydrogens is 365 g/mol. The van der Waals surface area contributed by atoms with Crippen molar-refractivity contribution in [2.24, 2.45) is 7.05 Å². The molecule has 0 saturated heterocycles. The molecule has 0 atom stereocenters. The lowest BCUT2D eigenvalue weighted by Crippen LogP contribution is -2.06. The van der Waals surface area contributed by atoms with Gasteiger partial charge in [-0.25, -0.2) is 24.6 Å². The van der Waals surface area contributed by atoms with Gasteiger partial charge in [0.25, 0.3) is 0 Å². The number of hydrogen-bond acceptors (Lipinski definition) is 7. The van der Waals surface area contributed by atoms with Gasteiger partial charge in [0.15, 0.2) is 11.5 Å². The normalized spacial score (nSPS) is 11.2. The summed E-state index contributed by atoms with van der Waals surface area (Å²) in [6, 6.07) is 8.06. The summed E-state index contributed by atoms with van der Waals surface area (Å²) in [5.74, 6) is 0.694. The summed E-state index contributed by atoms with van der Waals surface area (Å²) in [7, 11) is 3.84. The van der Waals surface area contributed by atoms with E-state index in [0.29, 0.717) is 23.7 Å². The van der Waals surface area contributed by atoms with Gasteiger partial charge in [-0.1, -0.05) is 28.9 Å². The average molecular weight is 381 g/mol. The minimum atomic E-state index is 0.510. The van der Waals surface area contributed by atoms with Crippen LogP contribution in [0, 0.1) is 0 Å². The van der Waals surface area contributed by atoms with Crippen LogP contribution in [-0.2, 0) is 13.6 Å². The third-order valence-electron chi connectivity index (χ3n) is 4.53. The number of hydrogen-bond donors (Lipinski definition) is 0. The van der Waals surface area contributed by atoms with E-state index in [1.54, 1.807) is 21.8 Å². The molecule has 4 heterocycles. The molecule has 0 fully saturated rings. The highest BCUT2D eigenvalue weighted by Crippen LogP contribution is 2.19. The van der Waals surface area contributed by atoms with Gasteiger partial charge >= 0.3 is 0 Å². The van der Waals surface area contributed by atoms with Gasteiger partial charge in [0, 0.05) is 36.8 Å². The van der Waals surface area contributed by atoms with E-state index in [0.717, 1.165) is 27.8 Å². The third kappa shape index (κ3) is 3.36. The van der Waals surface area contributed by atoms with Crippen LogP contribution in [0.5, 0.6) is 0 Å². The summed E-state index contributed by atoms with van der Waals surface area (Å²) in [5, 5.41) is 12.6. The molecule has 0 radical (unpaired) electrons. The lowest BCUT2D eigenvalue weighted by molar-refractivity contribution is 0.664. The van der Waals surface area contributed by atoms with Crippen LogP contribution in [0.2, 0.25) is 0 Å². The molecule has 0 amide bonds. The Hall–Kier alpha value is -3.95. The van der Waals surface area contributed by atoms with Crippen molar-refractivity contribution in [3.05, 3.63) is 60.8 Å². The second-order valence-electron chi connectivity index (χ2n) is 6.84. The van der Waals surface area contributed by atoms with Crippen LogP contribution in [0.3, 0.4) is 0 Å². The molecule has 9 nitrogen and oxygen atoms in total. The summed E-state index contributed by atoms with van der Waals surface area (Å²) in [6.07, 6.45) is 8.97. The van der Waals surface area contributed by atoms with Crippen molar-refractivity contribution in [1.82, 2.24) is 44.7 Å². The molecule has 29 heavy (non-hydrogen) atoms. The minimum absolute atomic E-state index is 0.510. The molecule has 1 aromatic carbocycles. The molecule has 0 aliphatic rings. The molecule has 0 spiro atoms. The van der Waals surface area contributed by atoms with E-state index in [1.807, 2.05) is 51.7 Å². The summed E-state index contributed by atoms with van der Waals surface area (Å²) >= 11 is 0. The lowest BCUT2D eigenvalue weighted by Gasteiger charge is -2.06. The van der Waals surface area contributed by atoms with Crippen LogP contribution in [0.25, 0.3) is 33.9 Å². The van der Waals surface area contributed by atoms with Crippen molar-refractivity contribution in [1.29, 1.82) is 0 Å². The highest BCUT2D eigenvalue weighted by Gasteiger charge is 2.12. The standard InChI is InChI=1S/C19H16BN9/c1-28-11-14(6-24-28)16-9-23-18-19(25-16)29(27-26-18)10-12-3-2-4-13(5-12)17-21-7-15(20)8-22-17/h2-9,11H,10,20H2,1H3. The van der Waals surface area contributed by atoms with Crippen LogP contribution in [0.1, 0.15) is 5.56 Å². The number of aromatic nitrogens is 9. The maximum atomic E-state index is 4.70. The van der Waals surface area contributed by atoms with Crippen LogP contribution in [0.15, 0.2) is 55.2 Å². The first-order valence-corrected chi connectivity index (χ1v) is 9.09. The van der Waals surface area contributed by atoms with Gasteiger partial charge in [0.1, 0.15) is 7.85 Å². The largest absolute Gasteiger partial charge is 0.275 e. The Balaban J connectivity index is 1.49. The maximum absolute atomic E-state index is 4.70. The topological polar surface area (TPSA) is 100 Å². The maximum Gasteiger partial charge on any atom is 0.221 e. The summed E-state index contributed by atoms with van der Waals surface area (Å²) < 4.78 is 3.48. The molecule has 0 saturated carbocycles. The van der Waals surface area contributed by atoms with Crippen LogP contribution in [0.4, 0.5) is 0 Å². The molecule has 140 valence electrons. The Morgan fingerprint density at radius 2 is 1.86 bits per heavy atom. The second kappa shape index (κ2) is 6.90. The minimum Gasteiger partial charge on any atom is -0.275 e. The van der Waals surface area contributed by atoms with E-state index >= 15 is 0 Å². The van der Waals surface area contributed by atoms with Gasteiger partial charge < -0.3 is 0 Å². The number of aryl methyl sites for hydroxylation is 1. The zero-order chi connectivity index (χ0) is 19.8. The van der Waals surface area contributed by atoms with E-state index in [4.69, 9.17) is 4.98 Å². The summed E-state index contributed by atoms with van der Waals surface area (Å²) in [6.45, 7) is 0.515. The monoisotopic (exact) mass is 381 g/mol. The molecule has 0 aliphatic heterocycles. The second-order valence-corrected chi connectivity index (χ2v) is 6.84. The zero-order valence-corrected chi connectivity index (χ0v) is 15.9. The Bertz CT molecular complexity index is 1310. The first-order chi connectivity index (χ1) is 14.2. The SMILES string of the molecule is Bc1cnc(-c2cccc(Cn3nnc4ncc(-c5cnn(C)c5)nc43)c2)nc1. The summed E-state index contributed by atoms with van der Waals surface area (Å²) in [5.41, 5.74) is 5.80. The molecule has 0 unspecified atom stereocenters. The Labute approximate surface area is 166 Å². The smallest absolute Gasteiger partial charge is 0.221 e. The molecule has 4 aromatic heterocycles. The highest BCUT2D eigenvalue weighted by molar-refractivity contribution is 6.31. The molecule has 0 bridgehead atoms. The zero-order valence-electron chi connectivity index (χ0n) is 15.9.